The molecule has 2 rings (SSSR count). The average Bonchev–Trinajstić information content (AvgIpc) is 2.55. The summed E-state index contributed by atoms with van der Waals surface area (Å²) in [5, 5.41) is 2.25. The summed E-state index contributed by atoms with van der Waals surface area (Å²) in [6, 6.07) is 5.07. The molecule has 16 heavy (non-hydrogen) atoms. The van der Waals surface area contributed by atoms with Crippen LogP contribution in [0.4, 0.5) is 0 Å². The molecule has 0 saturated carbocycles. The van der Waals surface area contributed by atoms with Crippen LogP contribution in [-0.4, -0.2) is 11.8 Å². The summed E-state index contributed by atoms with van der Waals surface area (Å²) >= 11 is 0. The summed E-state index contributed by atoms with van der Waals surface area (Å²) in [7, 11) is 0. The molecule has 0 saturated heterocycles. The number of unbranched alkanes of at least 4 members (excludes halogenated alkanes) is 1. The number of carbonyl (C=O) groups excluding carboxylic acids is 2. The molecule has 0 atom stereocenters. The van der Waals surface area contributed by atoms with E-state index in [4.69, 9.17) is 0 Å². The molecule has 0 fully saturated rings. The molecule has 0 radical (unpaired) electrons. The van der Waals surface area contributed by atoms with E-state index in [9.17, 15) is 9.59 Å². The van der Waals surface area contributed by atoms with Gasteiger partial charge in [-0.25, -0.2) is 0 Å². The Hall–Kier alpha value is -2.08. The van der Waals surface area contributed by atoms with Crippen LogP contribution < -0.4 is 5.32 Å². The number of carbonyl (C=O) groups is 2. The van der Waals surface area contributed by atoms with Gasteiger partial charge >= 0.3 is 0 Å². The van der Waals surface area contributed by atoms with Gasteiger partial charge in [0, 0.05) is 12.0 Å². The normalized spacial score (nSPS) is 12.8. The van der Waals surface area contributed by atoms with E-state index in [1.807, 2.05) is 0 Å². The van der Waals surface area contributed by atoms with E-state index in [0.717, 1.165) is 18.4 Å². The van der Waals surface area contributed by atoms with Crippen molar-refractivity contribution in [3.63, 3.8) is 0 Å². The largest absolute Gasteiger partial charge is 0.288 e. The third-order valence-electron chi connectivity index (χ3n) is 2.34. The van der Waals surface area contributed by atoms with Crippen LogP contribution in [0.5, 0.6) is 0 Å². The molecule has 3 nitrogen and oxygen atoms in total. The first-order chi connectivity index (χ1) is 7.72. The number of hydrogen-bond acceptors (Lipinski definition) is 2. The van der Waals surface area contributed by atoms with Crippen molar-refractivity contribution < 1.29 is 9.59 Å². The SMILES string of the molecule is CCCC#Cc1ccc2c(c1)C(=O)NC2=O. The molecule has 0 aliphatic carbocycles. The van der Waals surface area contributed by atoms with Crippen LogP contribution in [0.2, 0.25) is 0 Å². The highest BCUT2D eigenvalue weighted by molar-refractivity contribution is 6.21. The van der Waals surface area contributed by atoms with E-state index in [2.05, 4.69) is 24.1 Å². The van der Waals surface area contributed by atoms with Crippen molar-refractivity contribution in [2.45, 2.75) is 19.8 Å². The Labute approximate surface area is 93.9 Å². The van der Waals surface area contributed by atoms with E-state index in [0.29, 0.717) is 11.1 Å². The zero-order chi connectivity index (χ0) is 11.5. The monoisotopic (exact) mass is 213 g/mol. The Bertz CT molecular complexity index is 520. The number of amides is 2. The first kappa shape index (κ1) is 10.4. The number of nitrogens with one attached hydrogen (secondary N) is 1. The summed E-state index contributed by atoms with van der Waals surface area (Å²) < 4.78 is 0. The summed E-state index contributed by atoms with van der Waals surface area (Å²) in [5.74, 6) is 5.31. The van der Waals surface area contributed by atoms with Crippen molar-refractivity contribution in [3.8, 4) is 11.8 Å². The van der Waals surface area contributed by atoms with Crippen LogP contribution in [0, 0.1) is 11.8 Å². The minimum absolute atomic E-state index is 0.326. The molecule has 1 heterocycles. The van der Waals surface area contributed by atoms with Crippen molar-refractivity contribution in [2.24, 2.45) is 0 Å². The highest BCUT2D eigenvalue weighted by atomic mass is 16.2. The fourth-order valence-corrected chi connectivity index (χ4v) is 1.54. The van der Waals surface area contributed by atoms with Crippen molar-refractivity contribution in [3.05, 3.63) is 34.9 Å². The van der Waals surface area contributed by atoms with Crippen molar-refractivity contribution >= 4 is 11.8 Å². The van der Waals surface area contributed by atoms with Gasteiger partial charge in [0.2, 0.25) is 0 Å². The van der Waals surface area contributed by atoms with E-state index in [-0.39, 0.29) is 11.8 Å². The first-order valence-corrected chi connectivity index (χ1v) is 5.21. The predicted molar refractivity (Wildman–Crippen MR) is 60.0 cm³/mol. The first-order valence-electron chi connectivity index (χ1n) is 5.21. The zero-order valence-corrected chi connectivity index (χ0v) is 8.96. The van der Waals surface area contributed by atoms with E-state index in [1.165, 1.54) is 0 Å². The van der Waals surface area contributed by atoms with Gasteiger partial charge in [-0.2, -0.15) is 0 Å². The minimum Gasteiger partial charge on any atom is -0.288 e. The fourth-order valence-electron chi connectivity index (χ4n) is 1.54. The van der Waals surface area contributed by atoms with E-state index < -0.39 is 0 Å². The topological polar surface area (TPSA) is 46.2 Å². The average molecular weight is 213 g/mol. The Balaban J connectivity index is 2.34. The van der Waals surface area contributed by atoms with E-state index in [1.54, 1.807) is 18.2 Å². The van der Waals surface area contributed by atoms with Crippen LogP contribution in [-0.2, 0) is 0 Å². The van der Waals surface area contributed by atoms with Gasteiger partial charge in [-0.1, -0.05) is 18.8 Å². The van der Waals surface area contributed by atoms with Crippen LogP contribution in [0.3, 0.4) is 0 Å². The zero-order valence-electron chi connectivity index (χ0n) is 8.96. The molecule has 1 N–H and O–H groups in total. The number of imide groups is 1. The second kappa shape index (κ2) is 4.19. The molecule has 0 unspecified atom stereocenters. The van der Waals surface area contributed by atoms with Crippen molar-refractivity contribution in [2.75, 3.05) is 0 Å². The molecular weight excluding hydrogens is 202 g/mol. The highest BCUT2D eigenvalue weighted by Crippen LogP contribution is 2.16. The van der Waals surface area contributed by atoms with Gasteiger partial charge in [-0.15, -0.1) is 0 Å². The van der Waals surface area contributed by atoms with Crippen LogP contribution in [0.1, 0.15) is 46.0 Å². The van der Waals surface area contributed by atoms with Crippen molar-refractivity contribution in [1.29, 1.82) is 0 Å². The van der Waals surface area contributed by atoms with Gasteiger partial charge in [0.25, 0.3) is 11.8 Å². The Morgan fingerprint density at radius 3 is 2.69 bits per heavy atom. The lowest BCUT2D eigenvalue weighted by Crippen LogP contribution is -2.19. The molecule has 0 spiro atoms. The lowest BCUT2D eigenvalue weighted by molar-refractivity contribution is 0.0879. The maximum absolute atomic E-state index is 11.4. The molecular formula is C13H11NO2. The lowest BCUT2D eigenvalue weighted by atomic mass is 10.1. The van der Waals surface area contributed by atoms with Gasteiger partial charge in [0.1, 0.15) is 0 Å². The Kier molecular flexibility index (Phi) is 2.74. The maximum atomic E-state index is 11.4. The molecule has 1 aromatic carbocycles. The molecule has 1 aliphatic rings. The molecule has 1 aliphatic heterocycles. The molecule has 2 amide bonds. The number of benzene rings is 1. The fraction of sp³-hybridized carbons (Fsp3) is 0.231. The van der Waals surface area contributed by atoms with Gasteiger partial charge in [-0.3, -0.25) is 14.9 Å². The molecule has 0 bridgehead atoms. The van der Waals surface area contributed by atoms with Crippen LogP contribution in [0.15, 0.2) is 18.2 Å². The summed E-state index contributed by atoms with van der Waals surface area (Å²) in [4.78, 5) is 22.7. The second-order valence-corrected chi connectivity index (χ2v) is 3.60. The smallest absolute Gasteiger partial charge is 0.258 e. The van der Waals surface area contributed by atoms with Crippen molar-refractivity contribution in [1.82, 2.24) is 5.32 Å². The third-order valence-corrected chi connectivity index (χ3v) is 2.34. The Morgan fingerprint density at radius 1 is 1.19 bits per heavy atom. The summed E-state index contributed by atoms with van der Waals surface area (Å²) in [6.07, 6.45) is 1.85. The number of rotatable bonds is 1. The number of hydrogen-bond donors (Lipinski definition) is 1. The van der Waals surface area contributed by atoms with Crippen LogP contribution >= 0.6 is 0 Å². The third kappa shape index (κ3) is 1.82. The van der Waals surface area contributed by atoms with Gasteiger partial charge in [-0.05, 0) is 24.6 Å². The van der Waals surface area contributed by atoms with Gasteiger partial charge in [0.15, 0.2) is 0 Å². The maximum Gasteiger partial charge on any atom is 0.258 e. The van der Waals surface area contributed by atoms with E-state index >= 15 is 0 Å². The van der Waals surface area contributed by atoms with Gasteiger partial charge in [0.05, 0.1) is 11.1 Å². The summed E-state index contributed by atoms with van der Waals surface area (Å²) in [6.45, 7) is 2.06. The second-order valence-electron chi connectivity index (χ2n) is 3.60. The molecule has 1 aromatic rings. The number of fused-ring (bicyclic) bond motifs is 1. The van der Waals surface area contributed by atoms with Crippen LogP contribution in [0.25, 0.3) is 0 Å². The lowest BCUT2D eigenvalue weighted by Gasteiger charge is -1.94. The standard InChI is InChI=1S/C13H11NO2/c1-2-3-4-5-9-6-7-10-11(8-9)13(16)14-12(10)15/h6-8H,2-3H2,1H3,(H,14,15,16). The highest BCUT2D eigenvalue weighted by Gasteiger charge is 2.26. The molecule has 0 aromatic heterocycles. The Morgan fingerprint density at radius 2 is 1.94 bits per heavy atom. The van der Waals surface area contributed by atoms with Gasteiger partial charge < -0.3 is 0 Å². The minimum atomic E-state index is -0.334. The molecule has 80 valence electrons. The quantitative estimate of drug-likeness (QED) is 0.570. The molecule has 3 heteroatoms. The summed E-state index contributed by atoms with van der Waals surface area (Å²) in [5.41, 5.74) is 1.64. The predicted octanol–water partition coefficient (Wildman–Crippen LogP) is 1.72.